The normalized spacial score (nSPS) is 18.0. The zero-order valence-electron chi connectivity index (χ0n) is 11.2. The number of nitrogens with one attached hydrogen (secondary N) is 2. The lowest BCUT2D eigenvalue weighted by Gasteiger charge is -2.12. The molecule has 1 fully saturated rings. The number of ether oxygens (including phenoxy) is 1. The van der Waals surface area contributed by atoms with E-state index in [-0.39, 0.29) is 34.8 Å². The van der Waals surface area contributed by atoms with Crippen LogP contribution in [0.4, 0.5) is 5.69 Å². The van der Waals surface area contributed by atoms with Gasteiger partial charge in [-0.3, -0.25) is 10.1 Å². The number of nitrogens with zero attached hydrogens (tertiary/aromatic N) is 1. The van der Waals surface area contributed by atoms with Crippen molar-refractivity contribution in [3.8, 4) is 5.75 Å². The second-order valence-electron chi connectivity index (χ2n) is 4.40. The van der Waals surface area contributed by atoms with Gasteiger partial charge in [-0.1, -0.05) is 0 Å². The number of methoxy groups -OCH3 is 1. The summed E-state index contributed by atoms with van der Waals surface area (Å²) in [7, 11) is -2.48. The Morgan fingerprint density at radius 1 is 1.48 bits per heavy atom. The van der Waals surface area contributed by atoms with Gasteiger partial charge in [-0.15, -0.1) is 12.4 Å². The number of benzene rings is 1. The maximum absolute atomic E-state index is 12.2. The Morgan fingerprint density at radius 2 is 2.19 bits per heavy atom. The standard InChI is InChI=1S/C11H15N3O5S.ClH/c1-19-11-3-2-9(6-10(11)14(15)16)20(17,18)13-8-4-5-12-7-8;/h2-3,6,8,12-13H,4-5,7H2,1H3;1H. The van der Waals surface area contributed by atoms with Gasteiger partial charge in [0.2, 0.25) is 10.0 Å². The lowest BCUT2D eigenvalue weighted by atomic mass is 10.3. The fraction of sp³-hybridized carbons (Fsp3) is 0.455. The van der Waals surface area contributed by atoms with Crippen LogP contribution >= 0.6 is 12.4 Å². The van der Waals surface area contributed by atoms with Crippen LogP contribution in [0.15, 0.2) is 23.1 Å². The summed E-state index contributed by atoms with van der Waals surface area (Å²) in [6, 6.07) is 3.38. The van der Waals surface area contributed by atoms with E-state index in [9.17, 15) is 18.5 Å². The van der Waals surface area contributed by atoms with Crippen LogP contribution in [0.25, 0.3) is 0 Å². The van der Waals surface area contributed by atoms with Crippen molar-refractivity contribution in [1.82, 2.24) is 10.0 Å². The summed E-state index contributed by atoms with van der Waals surface area (Å²) in [5.41, 5.74) is -0.375. The lowest BCUT2D eigenvalue weighted by molar-refractivity contribution is -0.386. The maximum atomic E-state index is 12.2. The van der Waals surface area contributed by atoms with Crippen molar-refractivity contribution in [2.24, 2.45) is 0 Å². The zero-order chi connectivity index (χ0) is 14.8. The summed E-state index contributed by atoms with van der Waals surface area (Å²) in [4.78, 5) is 10.1. The molecule has 0 aliphatic carbocycles. The molecule has 0 saturated carbocycles. The number of halogens is 1. The van der Waals surface area contributed by atoms with E-state index in [0.717, 1.165) is 12.6 Å². The highest BCUT2D eigenvalue weighted by Crippen LogP contribution is 2.29. The third-order valence-corrected chi connectivity index (χ3v) is 4.56. The zero-order valence-corrected chi connectivity index (χ0v) is 12.9. The number of hydrogen-bond acceptors (Lipinski definition) is 6. The SMILES string of the molecule is COc1ccc(S(=O)(=O)NC2CCNC2)cc1[N+](=O)[O-].Cl. The molecule has 1 aliphatic heterocycles. The van der Waals surface area contributed by atoms with Gasteiger partial charge in [0.25, 0.3) is 0 Å². The second kappa shape index (κ2) is 7.03. The minimum atomic E-state index is -3.77. The molecule has 0 radical (unpaired) electrons. The summed E-state index contributed by atoms with van der Waals surface area (Å²) in [6.07, 6.45) is 0.692. The molecule has 1 aliphatic rings. The van der Waals surface area contributed by atoms with Crippen molar-refractivity contribution in [1.29, 1.82) is 0 Å². The largest absolute Gasteiger partial charge is 0.490 e. The first-order chi connectivity index (χ1) is 9.44. The molecular weight excluding hydrogens is 322 g/mol. The predicted molar refractivity (Wildman–Crippen MR) is 78.5 cm³/mol. The first-order valence-corrected chi connectivity index (χ1v) is 7.48. The van der Waals surface area contributed by atoms with E-state index < -0.39 is 14.9 Å². The Kier molecular flexibility index (Phi) is 5.90. The van der Waals surface area contributed by atoms with Crippen LogP contribution in [-0.2, 0) is 10.0 Å². The Morgan fingerprint density at radius 3 is 2.71 bits per heavy atom. The number of nitro groups is 1. The molecule has 0 bridgehead atoms. The van der Waals surface area contributed by atoms with Crippen LogP contribution < -0.4 is 14.8 Å². The molecule has 0 spiro atoms. The van der Waals surface area contributed by atoms with E-state index in [4.69, 9.17) is 4.74 Å². The fourth-order valence-corrected chi connectivity index (χ4v) is 3.31. The third-order valence-electron chi connectivity index (χ3n) is 3.04. The van der Waals surface area contributed by atoms with E-state index in [2.05, 4.69) is 10.0 Å². The molecular formula is C11H16ClN3O5S. The molecule has 0 amide bonds. The molecule has 1 atom stereocenters. The van der Waals surface area contributed by atoms with Crippen molar-refractivity contribution in [3.05, 3.63) is 28.3 Å². The van der Waals surface area contributed by atoms with E-state index in [1.807, 2.05) is 0 Å². The van der Waals surface area contributed by atoms with Gasteiger partial charge < -0.3 is 10.1 Å². The summed E-state index contributed by atoms with van der Waals surface area (Å²) in [5.74, 6) is 0.0245. The van der Waals surface area contributed by atoms with Gasteiger partial charge in [0.1, 0.15) is 0 Å². The smallest absolute Gasteiger partial charge is 0.312 e. The van der Waals surface area contributed by atoms with Crippen molar-refractivity contribution >= 4 is 28.1 Å². The molecule has 10 heteroatoms. The van der Waals surface area contributed by atoms with E-state index in [1.54, 1.807) is 0 Å². The highest BCUT2D eigenvalue weighted by Gasteiger charge is 2.25. The molecule has 118 valence electrons. The minimum absolute atomic E-state index is 0. The first-order valence-electron chi connectivity index (χ1n) is 5.99. The number of nitro benzene ring substituents is 1. The molecule has 0 aromatic heterocycles. The average Bonchev–Trinajstić information content (AvgIpc) is 2.89. The van der Waals surface area contributed by atoms with Gasteiger partial charge in [-0.2, -0.15) is 0 Å². The van der Waals surface area contributed by atoms with Crippen LogP contribution in [0, 0.1) is 10.1 Å². The van der Waals surface area contributed by atoms with Crippen LogP contribution in [-0.4, -0.2) is 39.6 Å². The Labute approximate surface area is 128 Å². The van der Waals surface area contributed by atoms with Gasteiger partial charge in [-0.05, 0) is 25.1 Å². The van der Waals surface area contributed by atoms with Gasteiger partial charge >= 0.3 is 5.69 Å². The van der Waals surface area contributed by atoms with Gasteiger partial charge in [0, 0.05) is 18.7 Å². The molecule has 8 nitrogen and oxygen atoms in total. The van der Waals surface area contributed by atoms with Gasteiger partial charge in [0.15, 0.2) is 5.75 Å². The molecule has 1 heterocycles. The summed E-state index contributed by atoms with van der Waals surface area (Å²) in [5, 5.41) is 13.9. The summed E-state index contributed by atoms with van der Waals surface area (Å²) < 4.78 is 31.7. The number of rotatable bonds is 5. The molecule has 2 N–H and O–H groups in total. The van der Waals surface area contributed by atoms with Crippen LogP contribution in [0.3, 0.4) is 0 Å². The summed E-state index contributed by atoms with van der Waals surface area (Å²) in [6.45, 7) is 1.30. The lowest BCUT2D eigenvalue weighted by Crippen LogP contribution is -2.36. The topological polar surface area (TPSA) is 111 Å². The molecule has 1 unspecified atom stereocenters. The molecule has 1 saturated heterocycles. The Bertz CT molecular complexity index is 616. The molecule has 2 rings (SSSR count). The summed E-state index contributed by atoms with van der Waals surface area (Å²) >= 11 is 0. The second-order valence-corrected chi connectivity index (χ2v) is 6.12. The first kappa shape index (κ1) is 17.6. The number of hydrogen-bond donors (Lipinski definition) is 2. The van der Waals surface area contributed by atoms with Gasteiger partial charge in [0.05, 0.1) is 16.9 Å². The van der Waals surface area contributed by atoms with Crippen LogP contribution in [0.2, 0.25) is 0 Å². The molecule has 1 aromatic carbocycles. The van der Waals surface area contributed by atoms with E-state index >= 15 is 0 Å². The Hall–Kier alpha value is -1.42. The predicted octanol–water partition coefficient (Wildman–Crippen LogP) is 0.665. The van der Waals surface area contributed by atoms with Crippen molar-refractivity contribution in [3.63, 3.8) is 0 Å². The number of sulfonamides is 1. The van der Waals surface area contributed by atoms with Crippen LogP contribution in [0.1, 0.15) is 6.42 Å². The van der Waals surface area contributed by atoms with E-state index in [0.29, 0.717) is 13.0 Å². The maximum Gasteiger partial charge on any atom is 0.312 e. The minimum Gasteiger partial charge on any atom is -0.490 e. The van der Waals surface area contributed by atoms with Crippen LogP contribution in [0.5, 0.6) is 5.75 Å². The van der Waals surface area contributed by atoms with Crippen molar-refractivity contribution in [2.45, 2.75) is 17.4 Å². The highest BCUT2D eigenvalue weighted by molar-refractivity contribution is 7.89. The highest BCUT2D eigenvalue weighted by atomic mass is 35.5. The molecule has 1 aromatic rings. The quantitative estimate of drug-likeness (QED) is 0.603. The van der Waals surface area contributed by atoms with E-state index in [1.165, 1.54) is 19.2 Å². The Balaban J connectivity index is 0.00000220. The third kappa shape index (κ3) is 4.03. The molecule has 21 heavy (non-hydrogen) atoms. The van der Waals surface area contributed by atoms with Crippen molar-refractivity contribution in [2.75, 3.05) is 20.2 Å². The monoisotopic (exact) mass is 337 g/mol. The fourth-order valence-electron chi connectivity index (χ4n) is 2.02. The van der Waals surface area contributed by atoms with Gasteiger partial charge in [-0.25, -0.2) is 13.1 Å². The van der Waals surface area contributed by atoms with Crippen molar-refractivity contribution < 1.29 is 18.1 Å². The average molecular weight is 338 g/mol.